The molecular formula is C13H22N2O4S. The van der Waals surface area contributed by atoms with E-state index in [1.54, 1.807) is 0 Å². The van der Waals surface area contributed by atoms with Crippen LogP contribution in [0, 0.1) is 5.92 Å². The van der Waals surface area contributed by atoms with Gasteiger partial charge in [0.2, 0.25) is 12.3 Å². The number of hydrogen-bond donors (Lipinski definition) is 2. The fourth-order valence-electron chi connectivity index (χ4n) is 2.07. The largest absolute Gasteiger partial charge is 0.480 e. The summed E-state index contributed by atoms with van der Waals surface area (Å²) in [4.78, 5) is 34.8. The maximum absolute atomic E-state index is 11.9. The van der Waals surface area contributed by atoms with Crippen molar-refractivity contribution in [2.75, 3.05) is 24.6 Å². The van der Waals surface area contributed by atoms with Crippen molar-refractivity contribution in [1.82, 2.24) is 10.2 Å². The molecular weight excluding hydrogens is 280 g/mol. The molecule has 1 saturated heterocycles. The molecule has 1 atom stereocenters. The Morgan fingerprint density at radius 2 is 2.10 bits per heavy atom. The lowest BCUT2D eigenvalue weighted by Crippen LogP contribution is -2.39. The number of nitrogens with one attached hydrogen (secondary N) is 1. The number of nitrogens with zero attached hydrogens (tertiary/aromatic N) is 1. The highest BCUT2D eigenvalue weighted by molar-refractivity contribution is 7.99. The van der Waals surface area contributed by atoms with Crippen molar-refractivity contribution < 1.29 is 19.5 Å². The lowest BCUT2D eigenvalue weighted by atomic mass is 9.99. The van der Waals surface area contributed by atoms with Crippen molar-refractivity contribution in [2.45, 2.75) is 32.2 Å². The van der Waals surface area contributed by atoms with E-state index in [4.69, 9.17) is 5.11 Å². The van der Waals surface area contributed by atoms with Crippen LogP contribution in [0.4, 0.5) is 0 Å². The number of piperidine rings is 1. The SMILES string of the molecule is CC1CCN(C(=O)CSCCC(NC=O)C(=O)O)CC1. The second-order valence-electron chi connectivity index (χ2n) is 5.08. The third-order valence-electron chi connectivity index (χ3n) is 3.48. The summed E-state index contributed by atoms with van der Waals surface area (Å²) in [5.41, 5.74) is 0. The van der Waals surface area contributed by atoms with Gasteiger partial charge in [0.15, 0.2) is 0 Å². The first-order chi connectivity index (χ1) is 9.54. The molecule has 20 heavy (non-hydrogen) atoms. The highest BCUT2D eigenvalue weighted by atomic mass is 32.2. The number of aliphatic carboxylic acids is 1. The smallest absolute Gasteiger partial charge is 0.326 e. The quantitative estimate of drug-likeness (QED) is 0.505. The zero-order valence-corrected chi connectivity index (χ0v) is 12.5. The summed E-state index contributed by atoms with van der Waals surface area (Å²) < 4.78 is 0. The van der Waals surface area contributed by atoms with Crippen molar-refractivity contribution in [1.29, 1.82) is 0 Å². The lowest BCUT2D eigenvalue weighted by Gasteiger charge is -2.30. The van der Waals surface area contributed by atoms with Gasteiger partial charge >= 0.3 is 5.97 Å². The highest BCUT2D eigenvalue weighted by Gasteiger charge is 2.20. The number of amides is 2. The first kappa shape index (κ1) is 16.8. The van der Waals surface area contributed by atoms with Crippen molar-refractivity contribution in [3.05, 3.63) is 0 Å². The Morgan fingerprint density at radius 1 is 1.45 bits per heavy atom. The minimum absolute atomic E-state index is 0.122. The predicted molar refractivity (Wildman–Crippen MR) is 77.5 cm³/mol. The summed E-state index contributed by atoms with van der Waals surface area (Å²) in [6.07, 6.45) is 2.83. The number of thioether (sulfide) groups is 1. The van der Waals surface area contributed by atoms with Crippen molar-refractivity contribution in [3.63, 3.8) is 0 Å². The molecule has 0 radical (unpaired) electrons. The van der Waals surface area contributed by atoms with E-state index in [2.05, 4.69) is 12.2 Å². The summed E-state index contributed by atoms with van der Waals surface area (Å²) in [5.74, 6) is 0.680. The normalized spacial score (nSPS) is 17.6. The van der Waals surface area contributed by atoms with E-state index >= 15 is 0 Å². The van der Waals surface area contributed by atoms with E-state index < -0.39 is 12.0 Å². The van der Waals surface area contributed by atoms with Crippen LogP contribution < -0.4 is 5.32 Å². The van der Waals surface area contributed by atoms with Crippen LogP contribution in [-0.4, -0.2) is 58.9 Å². The van der Waals surface area contributed by atoms with Crippen LogP contribution in [-0.2, 0) is 14.4 Å². The van der Waals surface area contributed by atoms with Crippen LogP contribution in [0.2, 0.25) is 0 Å². The second-order valence-corrected chi connectivity index (χ2v) is 6.19. The van der Waals surface area contributed by atoms with E-state index in [0.29, 0.717) is 30.3 Å². The molecule has 114 valence electrons. The number of likely N-dealkylation sites (tertiary alicyclic amines) is 1. The molecule has 1 heterocycles. The van der Waals surface area contributed by atoms with E-state index in [9.17, 15) is 14.4 Å². The monoisotopic (exact) mass is 302 g/mol. The van der Waals surface area contributed by atoms with Crippen molar-refractivity contribution in [2.24, 2.45) is 5.92 Å². The molecule has 1 fully saturated rings. The van der Waals surface area contributed by atoms with Crippen molar-refractivity contribution >= 4 is 30.0 Å². The molecule has 0 aliphatic carbocycles. The molecule has 2 N–H and O–H groups in total. The van der Waals surface area contributed by atoms with E-state index in [1.165, 1.54) is 11.8 Å². The van der Waals surface area contributed by atoms with Crippen LogP contribution in [0.5, 0.6) is 0 Å². The molecule has 0 aromatic carbocycles. The van der Waals surface area contributed by atoms with Gasteiger partial charge in [0.1, 0.15) is 6.04 Å². The molecule has 0 saturated carbocycles. The maximum atomic E-state index is 11.9. The Labute approximate surface area is 123 Å². The average molecular weight is 302 g/mol. The summed E-state index contributed by atoms with van der Waals surface area (Å²) in [6, 6.07) is -0.870. The van der Waals surface area contributed by atoms with Gasteiger partial charge in [-0.3, -0.25) is 9.59 Å². The topological polar surface area (TPSA) is 86.7 Å². The van der Waals surface area contributed by atoms with Crippen LogP contribution in [0.3, 0.4) is 0 Å². The van der Waals surface area contributed by atoms with Crippen LogP contribution >= 0.6 is 11.8 Å². The fraction of sp³-hybridized carbons (Fsp3) is 0.769. The second kappa shape index (κ2) is 8.84. The molecule has 0 bridgehead atoms. The third kappa shape index (κ3) is 5.81. The Kier molecular flexibility index (Phi) is 7.43. The van der Waals surface area contributed by atoms with Crippen LogP contribution in [0.1, 0.15) is 26.2 Å². The van der Waals surface area contributed by atoms with Gasteiger partial charge in [-0.2, -0.15) is 11.8 Å². The molecule has 1 aliphatic heterocycles. The number of carbonyl (C=O) groups excluding carboxylic acids is 2. The summed E-state index contributed by atoms with van der Waals surface area (Å²) in [7, 11) is 0. The Balaban J connectivity index is 2.18. The highest BCUT2D eigenvalue weighted by Crippen LogP contribution is 2.17. The fourth-order valence-corrected chi connectivity index (χ4v) is 2.97. The van der Waals surface area contributed by atoms with Gasteiger partial charge < -0.3 is 15.3 Å². The molecule has 1 aliphatic rings. The van der Waals surface area contributed by atoms with Gasteiger partial charge in [0.05, 0.1) is 5.75 Å². The molecule has 0 aromatic heterocycles. The van der Waals surface area contributed by atoms with E-state index in [0.717, 1.165) is 25.9 Å². The first-order valence-corrected chi connectivity index (χ1v) is 7.98. The molecule has 6 nitrogen and oxygen atoms in total. The van der Waals surface area contributed by atoms with Gasteiger partial charge in [-0.05, 0) is 30.9 Å². The number of carboxylic acids is 1. The molecule has 2 amide bonds. The van der Waals surface area contributed by atoms with Gasteiger partial charge in [-0.15, -0.1) is 0 Å². The number of carbonyl (C=O) groups is 3. The van der Waals surface area contributed by atoms with Gasteiger partial charge in [-0.25, -0.2) is 4.79 Å². The summed E-state index contributed by atoms with van der Waals surface area (Å²) in [5, 5.41) is 11.1. The van der Waals surface area contributed by atoms with Gasteiger partial charge in [0.25, 0.3) is 0 Å². The van der Waals surface area contributed by atoms with Gasteiger partial charge in [0, 0.05) is 13.1 Å². The Bertz CT molecular complexity index is 343. The lowest BCUT2D eigenvalue weighted by molar-refractivity contribution is -0.140. The molecule has 7 heteroatoms. The Morgan fingerprint density at radius 3 is 2.65 bits per heavy atom. The first-order valence-electron chi connectivity index (χ1n) is 6.82. The maximum Gasteiger partial charge on any atom is 0.326 e. The summed E-state index contributed by atoms with van der Waals surface area (Å²) in [6.45, 7) is 3.85. The van der Waals surface area contributed by atoms with Crippen LogP contribution in [0.25, 0.3) is 0 Å². The van der Waals surface area contributed by atoms with E-state index in [1.807, 2.05) is 4.90 Å². The predicted octanol–water partition coefficient (Wildman–Crippen LogP) is 0.567. The standard InChI is InChI=1S/C13H22N2O4S/c1-10-2-5-15(6-3-10)12(17)8-20-7-4-11(13(18)19)14-9-16/h9-11H,2-8H2,1H3,(H,14,16)(H,18,19). The summed E-state index contributed by atoms with van der Waals surface area (Å²) >= 11 is 1.42. The zero-order chi connectivity index (χ0) is 15.0. The number of carboxylic acid groups (broad SMARTS) is 1. The third-order valence-corrected chi connectivity index (χ3v) is 4.46. The molecule has 1 rings (SSSR count). The minimum Gasteiger partial charge on any atom is -0.480 e. The van der Waals surface area contributed by atoms with Crippen molar-refractivity contribution in [3.8, 4) is 0 Å². The average Bonchev–Trinajstić information content (AvgIpc) is 2.42. The molecule has 0 aromatic rings. The Hall–Kier alpha value is -1.24. The van der Waals surface area contributed by atoms with Gasteiger partial charge in [-0.1, -0.05) is 6.92 Å². The number of hydrogen-bond acceptors (Lipinski definition) is 4. The van der Waals surface area contributed by atoms with E-state index in [-0.39, 0.29) is 5.91 Å². The van der Waals surface area contributed by atoms with Crippen LogP contribution in [0.15, 0.2) is 0 Å². The minimum atomic E-state index is -1.05. The molecule has 1 unspecified atom stereocenters. The zero-order valence-electron chi connectivity index (χ0n) is 11.7. The number of rotatable bonds is 8. The molecule has 0 spiro atoms.